The fourth-order valence-electron chi connectivity index (χ4n) is 4.22. The summed E-state index contributed by atoms with van der Waals surface area (Å²) in [7, 11) is 0. The molecule has 1 aromatic rings. The molecule has 1 saturated heterocycles. The number of halogens is 1. The number of rotatable bonds is 4. The van der Waals surface area contributed by atoms with Crippen molar-refractivity contribution < 1.29 is 5.11 Å². The van der Waals surface area contributed by atoms with Crippen LogP contribution < -0.4 is 0 Å². The second kappa shape index (κ2) is 7.33. The topological polar surface area (TPSA) is 23.5 Å². The van der Waals surface area contributed by atoms with Crippen molar-refractivity contribution in [3.05, 3.63) is 34.9 Å². The highest BCUT2D eigenvalue weighted by Gasteiger charge is 2.39. The summed E-state index contributed by atoms with van der Waals surface area (Å²) in [6.45, 7) is 3.32. The predicted octanol–water partition coefficient (Wildman–Crippen LogP) is 4.60. The summed E-state index contributed by atoms with van der Waals surface area (Å²) in [5, 5.41) is 12.1. The molecule has 3 heteroatoms. The van der Waals surface area contributed by atoms with Crippen LogP contribution in [0.25, 0.3) is 0 Å². The summed E-state index contributed by atoms with van der Waals surface area (Å²) < 4.78 is 0. The molecule has 122 valence electrons. The van der Waals surface area contributed by atoms with Crippen molar-refractivity contribution in [3.8, 4) is 0 Å². The van der Waals surface area contributed by atoms with Crippen LogP contribution in [-0.2, 0) is 0 Å². The predicted molar refractivity (Wildman–Crippen MR) is 92.5 cm³/mol. The highest BCUT2D eigenvalue weighted by atomic mass is 35.5. The first kappa shape index (κ1) is 16.3. The van der Waals surface area contributed by atoms with E-state index >= 15 is 0 Å². The van der Waals surface area contributed by atoms with Gasteiger partial charge in [0.2, 0.25) is 0 Å². The first-order valence-corrected chi connectivity index (χ1v) is 9.25. The van der Waals surface area contributed by atoms with E-state index in [0.717, 1.165) is 37.3 Å². The van der Waals surface area contributed by atoms with Gasteiger partial charge in [0.25, 0.3) is 0 Å². The molecule has 2 aliphatic rings. The maximum absolute atomic E-state index is 11.3. The highest BCUT2D eigenvalue weighted by molar-refractivity contribution is 6.30. The lowest BCUT2D eigenvalue weighted by Crippen LogP contribution is -2.45. The second-order valence-corrected chi connectivity index (χ2v) is 7.57. The monoisotopic (exact) mass is 321 g/mol. The Morgan fingerprint density at radius 3 is 2.41 bits per heavy atom. The Morgan fingerprint density at radius 2 is 1.73 bits per heavy atom. The Balaban J connectivity index is 1.83. The van der Waals surface area contributed by atoms with Gasteiger partial charge in [0.1, 0.15) is 0 Å². The molecule has 0 bridgehead atoms. The molecule has 1 unspecified atom stereocenters. The van der Waals surface area contributed by atoms with Gasteiger partial charge in [-0.25, -0.2) is 0 Å². The minimum Gasteiger partial charge on any atom is -0.389 e. The Kier molecular flexibility index (Phi) is 5.43. The molecule has 1 saturated carbocycles. The van der Waals surface area contributed by atoms with Crippen molar-refractivity contribution in [2.45, 2.75) is 62.9 Å². The third kappa shape index (κ3) is 3.84. The fourth-order valence-corrected chi connectivity index (χ4v) is 4.42. The van der Waals surface area contributed by atoms with Crippen LogP contribution in [0.4, 0.5) is 0 Å². The average molecular weight is 322 g/mol. The van der Waals surface area contributed by atoms with E-state index in [4.69, 9.17) is 11.6 Å². The zero-order chi connectivity index (χ0) is 15.4. The third-order valence-electron chi connectivity index (χ3n) is 5.51. The molecular weight excluding hydrogens is 294 g/mol. The van der Waals surface area contributed by atoms with Crippen LogP contribution in [0.3, 0.4) is 0 Å². The van der Waals surface area contributed by atoms with Crippen molar-refractivity contribution in [3.63, 3.8) is 0 Å². The van der Waals surface area contributed by atoms with E-state index in [2.05, 4.69) is 17.0 Å². The normalized spacial score (nSPS) is 24.1. The standard InChI is InChI=1S/C19H28ClNO/c20-17-9-7-8-16(14-17)18(15-21-12-5-2-6-13-21)19(22)10-3-1-4-11-19/h7-9,14,18,22H,1-6,10-13,15H2. The number of nitrogens with zero attached hydrogens (tertiary/aromatic N) is 1. The number of benzene rings is 1. The molecule has 3 rings (SSSR count). The second-order valence-electron chi connectivity index (χ2n) is 7.13. The van der Waals surface area contributed by atoms with Gasteiger partial charge >= 0.3 is 0 Å². The van der Waals surface area contributed by atoms with Crippen molar-refractivity contribution in [2.24, 2.45) is 0 Å². The third-order valence-corrected chi connectivity index (χ3v) is 5.74. The summed E-state index contributed by atoms with van der Waals surface area (Å²) >= 11 is 6.22. The van der Waals surface area contributed by atoms with Crippen molar-refractivity contribution in [1.29, 1.82) is 0 Å². The first-order chi connectivity index (χ1) is 10.7. The summed E-state index contributed by atoms with van der Waals surface area (Å²) in [5.74, 6) is 0.185. The van der Waals surface area contributed by atoms with Gasteiger partial charge in [0.15, 0.2) is 0 Å². The van der Waals surface area contributed by atoms with Crippen LogP contribution in [0.2, 0.25) is 5.02 Å². The summed E-state index contributed by atoms with van der Waals surface area (Å²) in [6, 6.07) is 8.15. The van der Waals surface area contributed by atoms with E-state index < -0.39 is 5.60 Å². The lowest BCUT2D eigenvalue weighted by atomic mass is 9.72. The quantitative estimate of drug-likeness (QED) is 0.875. The van der Waals surface area contributed by atoms with Gasteiger partial charge < -0.3 is 10.0 Å². The molecule has 0 radical (unpaired) electrons. The zero-order valence-electron chi connectivity index (χ0n) is 13.4. The van der Waals surface area contributed by atoms with Gasteiger partial charge in [-0.05, 0) is 56.5 Å². The molecule has 0 aromatic heterocycles. The van der Waals surface area contributed by atoms with Crippen LogP contribution in [-0.4, -0.2) is 35.2 Å². The summed E-state index contributed by atoms with van der Waals surface area (Å²) in [5.41, 5.74) is 0.655. The maximum Gasteiger partial charge on any atom is 0.0728 e. The molecule has 2 fully saturated rings. The van der Waals surface area contributed by atoms with E-state index in [9.17, 15) is 5.11 Å². The molecular formula is C19H28ClNO. The van der Waals surface area contributed by atoms with Gasteiger partial charge in [-0.1, -0.05) is 49.4 Å². The average Bonchev–Trinajstić information content (AvgIpc) is 2.54. The van der Waals surface area contributed by atoms with Gasteiger partial charge in [-0.3, -0.25) is 0 Å². The van der Waals surface area contributed by atoms with Gasteiger partial charge in [0.05, 0.1) is 5.60 Å². The van der Waals surface area contributed by atoms with Gasteiger partial charge in [-0.15, -0.1) is 0 Å². The Labute approximate surface area is 139 Å². The van der Waals surface area contributed by atoms with Crippen molar-refractivity contribution in [1.82, 2.24) is 4.90 Å². The maximum atomic E-state index is 11.3. The summed E-state index contributed by atoms with van der Waals surface area (Å²) in [6.07, 6.45) is 9.34. The van der Waals surface area contributed by atoms with Gasteiger partial charge in [-0.2, -0.15) is 0 Å². The number of aliphatic hydroxyl groups is 1. The number of hydrogen-bond acceptors (Lipinski definition) is 2. The largest absolute Gasteiger partial charge is 0.389 e. The van der Waals surface area contributed by atoms with E-state index in [1.165, 1.54) is 44.3 Å². The minimum atomic E-state index is -0.555. The lowest BCUT2D eigenvalue weighted by Gasteiger charge is -2.42. The van der Waals surface area contributed by atoms with E-state index in [0.29, 0.717) is 0 Å². The van der Waals surface area contributed by atoms with E-state index in [-0.39, 0.29) is 5.92 Å². The molecule has 0 spiro atoms. The van der Waals surface area contributed by atoms with Crippen LogP contribution in [0, 0.1) is 0 Å². The highest BCUT2D eigenvalue weighted by Crippen LogP contribution is 2.41. The molecule has 2 nitrogen and oxygen atoms in total. The van der Waals surface area contributed by atoms with Crippen LogP contribution in [0.15, 0.2) is 24.3 Å². The molecule has 1 atom stereocenters. The smallest absolute Gasteiger partial charge is 0.0728 e. The van der Waals surface area contributed by atoms with Crippen LogP contribution in [0.1, 0.15) is 62.8 Å². The number of likely N-dealkylation sites (tertiary alicyclic amines) is 1. The number of piperidine rings is 1. The van der Waals surface area contributed by atoms with Crippen molar-refractivity contribution >= 4 is 11.6 Å². The number of hydrogen-bond donors (Lipinski definition) is 1. The molecule has 1 N–H and O–H groups in total. The molecule has 1 aromatic carbocycles. The summed E-state index contributed by atoms with van der Waals surface area (Å²) in [4.78, 5) is 2.54. The molecule has 0 amide bonds. The van der Waals surface area contributed by atoms with Crippen molar-refractivity contribution in [2.75, 3.05) is 19.6 Å². The molecule has 1 aliphatic heterocycles. The zero-order valence-corrected chi connectivity index (χ0v) is 14.2. The molecule has 1 heterocycles. The molecule has 22 heavy (non-hydrogen) atoms. The van der Waals surface area contributed by atoms with E-state index in [1.54, 1.807) is 0 Å². The van der Waals surface area contributed by atoms with Gasteiger partial charge in [0, 0.05) is 17.5 Å². The lowest BCUT2D eigenvalue weighted by molar-refractivity contribution is -0.0321. The Morgan fingerprint density at radius 1 is 1.05 bits per heavy atom. The van der Waals surface area contributed by atoms with E-state index in [1.807, 2.05) is 12.1 Å². The van der Waals surface area contributed by atoms with Crippen LogP contribution >= 0.6 is 11.6 Å². The molecule has 1 aliphatic carbocycles. The SMILES string of the molecule is OC1(C(CN2CCCCC2)c2cccc(Cl)c2)CCCCC1. The van der Waals surface area contributed by atoms with Crippen LogP contribution in [0.5, 0.6) is 0 Å². The first-order valence-electron chi connectivity index (χ1n) is 8.88. The minimum absolute atomic E-state index is 0.185. The Hall–Kier alpha value is -0.570. The fraction of sp³-hybridized carbons (Fsp3) is 0.684. The Bertz CT molecular complexity index is 478.